The van der Waals surface area contributed by atoms with E-state index in [2.05, 4.69) is 30.4 Å². The molecule has 5 rings (SSSR count). The van der Waals surface area contributed by atoms with Gasteiger partial charge in [0.2, 0.25) is 11.9 Å². The van der Waals surface area contributed by atoms with Crippen molar-refractivity contribution in [2.24, 2.45) is 0 Å². The van der Waals surface area contributed by atoms with Gasteiger partial charge in [0.25, 0.3) is 5.91 Å². The van der Waals surface area contributed by atoms with Crippen LogP contribution in [0.4, 0.5) is 19.1 Å². The summed E-state index contributed by atoms with van der Waals surface area (Å²) in [6.07, 6.45) is 0.0261. The van der Waals surface area contributed by atoms with Crippen LogP contribution in [0.15, 0.2) is 36.0 Å². The second-order valence-electron chi connectivity index (χ2n) is 7.42. The molecule has 1 saturated carbocycles. The maximum absolute atomic E-state index is 12.6. The van der Waals surface area contributed by atoms with Crippen LogP contribution in [-0.2, 0) is 9.59 Å². The normalized spacial score (nSPS) is 17.8. The number of carbonyl (C=O) groups is 2. The Kier molecular flexibility index (Phi) is 4.57. The lowest BCUT2D eigenvalue weighted by atomic mass is 10.1. The Bertz CT molecular complexity index is 1280. The molecule has 0 bridgehead atoms. The second-order valence-corrected chi connectivity index (χ2v) is 7.42. The molecule has 0 unspecified atom stereocenters. The predicted molar refractivity (Wildman–Crippen MR) is 105 cm³/mol. The Labute approximate surface area is 178 Å². The molecule has 2 aromatic heterocycles. The number of benzene rings is 1. The number of anilines is 1. The Morgan fingerprint density at radius 2 is 2.03 bits per heavy atom. The van der Waals surface area contributed by atoms with Crippen LogP contribution >= 0.6 is 0 Å². The average Bonchev–Trinajstić information content (AvgIpc) is 3.35. The van der Waals surface area contributed by atoms with Gasteiger partial charge in [0.05, 0.1) is 12.6 Å². The van der Waals surface area contributed by atoms with Gasteiger partial charge in [0.15, 0.2) is 11.5 Å². The summed E-state index contributed by atoms with van der Waals surface area (Å²) in [5.41, 5.74) is 1.37. The Hall–Kier alpha value is -3.96. The summed E-state index contributed by atoms with van der Waals surface area (Å²) >= 11 is 0. The van der Waals surface area contributed by atoms with E-state index in [-0.39, 0.29) is 23.9 Å². The lowest BCUT2D eigenvalue weighted by Crippen LogP contribution is -2.19. The standard InChI is InChI=1S/C20H15F3N6O3/c21-20(22,23)32-14-3-1-2-10(7-14)16-27-17-12(6-11-8-15(30)26-18(11)31)9-24-29(17)19(28-16)25-13-4-5-13/h1-3,6-7,9,13H,4-5,8H2,(H,25,27,28)(H,26,30,31)/b11-6+. The van der Waals surface area contributed by atoms with Crippen molar-refractivity contribution < 1.29 is 27.5 Å². The van der Waals surface area contributed by atoms with E-state index in [0.29, 0.717) is 22.7 Å². The van der Waals surface area contributed by atoms with E-state index in [1.54, 1.807) is 6.07 Å². The molecular formula is C20H15F3N6O3. The van der Waals surface area contributed by atoms with E-state index in [4.69, 9.17) is 0 Å². The van der Waals surface area contributed by atoms with E-state index in [1.807, 2.05) is 0 Å². The Morgan fingerprint density at radius 3 is 2.72 bits per heavy atom. The topological polar surface area (TPSA) is 111 Å². The van der Waals surface area contributed by atoms with Crippen molar-refractivity contribution in [1.82, 2.24) is 24.9 Å². The molecule has 2 aliphatic rings. The molecule has 3 heterocycles. The van der Waals surface area contributed by atoms with E-state index in [0.717, 1.165) is 12.8 Å². The lowest BCUT2D eigenvalue weighted by molar-refractivity contribution is -0.274. The number of rotatable bonds is 5. The Balaban J connectivity index is 1.60. The van der Waals surface area contributed by atoms with Crippen molar-refractivity contribution in [2.45, 2.75) is 31.7 Å². The molecule has 0 spiro atoms. The monoisotopic (exact) mass is 444 g/mol. The average molecular weight is 444 g/mol. The molecule has 3 aromatic rings. The molecule has 0 radical (unpaired) electrons. The van der Waals surface area contributed by atoms with Crippen molar-refractivity contribution in [1.29, 1.82) is 0 Å². The van der Waals surface area contributed by atoms with Crippen LogP contribution in [0.5, 0.6) is 5.75 Å². The van der Waals surface area contributed by atoms with Crippen LogP contribution < -0.4 is 15.4 Å². The van der Waals surface area contributed by atoms with E-state index in [9.17, 15) is 22.8 Å². The number of ether oxygens (including phenoxy) is 1. The molecule has 12 heteroatoms. The first-order chi connectivity index (χ1) is 15.2. The van der Waals surface area contributed by atoms with E-state index in [1.165, 1.54) is 35.0 Å². The fourth-order valence-corrected chi connectivity index (χ4v) is 3.27. The molecule has 9 nitrogen and oxygen atoms in total. The fourth-order valence-electron chi connectivity index (χ4n) is 3.27. The minimum absolute atomic E-state index is 0.0574. The van der Waals surface area contributed by atoms with Gasteiger partial charge >= 0.3 is 6.36 Å². The van der Waals surface area contributed by atoms with E-state index >= 15 is 0 Å². The van der Waals surface area contributed by atoms with Crippen molar-refractivity contribution in [2.75, 3.05) is 5.32 Å². The summed E-state index contributed by atoms with van der Waals surface area (Å²) < 4.78 is 43.3. The quantitative estimate of drug-likeness (QED) is 0.460. The zero-order valence-electron chi connectivity index (χ0n) is 16.3. The van der Waals surface area contributed by atoms with Gasteiger partial charge in [-0.3, -0.25) is 14.9 Å². The van der Waals surface area contributed by atoms with Gasteiger partial charge in [-0.05, 0) is 31.1 Å². The first-order valence-corrected chi connectivity index (χ1v) is 9.68. The maximum Gasteiger partial charge on any atom is 0.573 e. The summed E-state index contributed by atoms with van der Waals surface area (Å²) in [5, 5.41) is 9.72. The highest BCUT2D eigenvalue weighted by Gasteiger charge is 2.31. The van der Waals surface area contributed by atoms with Crippen molar-refractivity contribution in [3.8, 4) is 17.1 Å². The number of halogens is 3. The van der Waals surface area contributed by atoms with Gasteiger partial charge in [-0.25, -0.2) is 4.98 Å². The van der Waals surface area contributed by atoms with Gasteiger partial charge in [0.1, 0.15) is 5.75 Å². The molecule has 2 amide bonds. The third-order valence-electron chi connectivity index (χ3n) is 4.86. The van der Waals surface area contributed by atoms with E-state index < -0.39 is 23.9 Å². The highest BCUT2D eigenvalue weighted by Crippen LogP contribution is 2.30. The zero-order chi connectivity index (χ0) is 22.5. The lowest BCUT2D eigenvalue weighted by Gasteiger charge is -2.11. The number of alkyl halides is 3. The molecule has 1 aliphatic carbocycles. The molecule has 1 aliphatic heterocycles. The highest BCUT2D eigenvalue weighted by molar-refractivity contribution is 6.15. The maximum atomic E-state index is 12.6. The third-order valence-corrected chi connectivity index (χ3v) is 4.86. The van der Waals surface area contributed by atoms with Gasteiger partial charge < -0.3 is 10.1 Å². The SMILES string of the molecule is O=C1C/C(=C\c2cnn3c(NC4CC4)nc(-c4cccc(OC(F)(F)F)c4)nc23)C(=O)N1. The number of carbonyl (C=O) groups excluding carboxylic acids is 2. The van der Waals surface area contributed by atoms with Crippen LogP contribution in [0.2, 0.25) is 0 Å². The largest absolute Gasteiger partial charge is 0.573 e. The molecule has 2 fully saturated rings. The minimum atomic E-state index is -4.83. The number of hydrogen-bond donors (Lipinski definition) is 2. The summed E-state index contributed by atoms with van der Waals surface area (Å²) in [6.45, 7) is 0. The number of nitrogens with one attached hydrogen (secondary N) is 2. The molecule has 1 saturated heterocycles. The van der Waals surface area contributed by atoms with Gasteiger partial charge in [0, 0.05) is 22.7 Å². The van der Waals surface area contributed by atoms with Crippen LogP contribution in [0, 0.1) is 0 Å². The molecule has 164 valence electrons. The first-order valence-electron chi connectivity index (χ1n) is 9.68. The summed E-state index contributed by atoms with van der Waals surface area (Å²) in [7, 11) is 0. The summed E-state index contributed by atoms with van der Waals surface area (Å²) in [4.78, 5) is 32.3. The molecule has 0 atom stereocenters. The first kappa shape index (κ1) is 20.0. The summed E-state index contributed by atoms with van der Waals surface area (Å²) in [5.74, 6) is -0.763. The van der Waals surface area contributed by atoms with Crippen LogP contribution in [0.25, 0.3) is 23.1 Å². The third kappa shape index (κ3) is 4.11. The number of fused-ring (bicyclic) bond motifs is 1. The molecule has 1 aromatic carbocycles. The van der Waals surface area contributed by atoms with Crippen molar-refractivity contribution in [3.05, 3.63) is 41.6 Å². The molecular weight excluding hydrogens is 429 g/mol. The number of hydrogen-bond acceptors (Lipinski definition) is 7. The fraction of sp³-hybridized carbons (Fsp3) is 0.250. The van der Waals surface area contributed by atoms with Crippen LogP contribution in [0.1, 0.15) is 24.8 Å². The zero-order valence-corrected chi connectivity index (χ0v) is 16.3. The highest BCUT2D eigenvalue weighted by atomic mass is 19.4. The Morgan fingerprint density at radius 1 is 1.22 bits per heavy atom. The number of amides is 2. The van der Waals surface area contributed by atoms with Gasteiger partial charge in [-0.1, -0.05) is 12.1 Å². The smallest absolute Gasteiger partial charge is 0.406 e. The predicted octanol–water partition coefficient (Wildman–Crippen LogP) is 2.69. The molecule has 32 heavy (non-hydrogen) atoms. The number of imide groups is 1. The van der Waals surface area contributed by atoms with Crippen molar-refractivity contribution in [3.63, 3.8) is 0 Å². The minimum Gasteiger partial charge on any atom is -0.406 e. The number of aromatic nitrogens is 4. The molecule has 2 N–H and O–H groups in total. The van der Waals surface area contributed by atoms with Gasteiger partial charge in [-0.15, -0.1) is 13.2 Å². The van der Waals surface area contributed by atoms with Crippen LogP contribution in [-0.4, -0.2) is 43.8 Å². The van der Waals surface area contributed by atoms with Crippen LogP contribution in [0.3, 0.4) is 0 Å². The van der Waals surface area contributed by atoms with Crippen molar-refractivity contribution >= 4 is 29.5 Å². The van der Waals surface area contributed by atoms with Gasteiger partial charge in [-0.2, -0.15) is 14.6 Å². The second kappa shape index (κ2) is 7.32. The summed E-state index contributed by atoms with van der Waals surface area (Å²) in [6, 6.07) is 5.56. The number of nitrogens with zero attached hydrogens (tertiary/aromatic N) is 4.